The van der Waals surface area contributed by atoms with Crippen molar-refractivity contribution >= 4 is 18.0 Å². The Morgan fingerprint density at radius 1 is 1.05 bits per heavy atom. The molecule has 0 rings (SSSR count). The fraction of sp³-hybridized carbons (Fsp3) is 0.769. The van der Waals surface area contributed by atoms with Crippen molar-refractivity contribution in [2.45, 2.75) is 59.2 Å². The van der Waals surface area contributed by atoms with Crippen LogP contribution in [0.4, 0.5) is 4.79 Å². The van der Waals surface area contributed by atoms with Gasteiger partial charge in [-0.25, -0.2) is 9.59 Å². The molecule has 116 valence electrons. The van der Waals surface area contributed by atoms with Crippen molar-refractivity contribution in [1.29, 1.82) is 0 Å². The smallest absolute Gasteiger partial charge is 0.408 e. The van der Waals surface area contributed by atoms with Gasteiger partial charge in [-0.3, -0.25) is 4.79 Å². The molecule has 0 aliphatic heterocycles. The molecular formula is C13H24N2O5. The highest BCUT2D eigenvalue weighted by Crippen LogP contribution is 2.06. The summed E-state index contributed by atoms with van der Waals surface area (Å²) in [6.07, 6.45) is -0.691. The third-order valence-electron chi connectivity index (χ3n) is 2.13. The van der Waals surface area contributed by atoms with Crippen LogP contribution in [-0.2, 0) is 19.1 Å². The van der Waals surface area contributed by atoms with Crippen LogP contribution in [0, 0.1) is 0 Å². The van der Waals surface area contributed by atoms with Crippen LogP contribution in [0.15, 0.2) is 0 Å². The van der Waals surface area contributed by atoms with E-state index in [1.165, 1.54) is 13.8 Å². The third-order valence-corrected chi connectivity index (χ3v) is 2.13. The molecule has 0 bridgehead atoms. The van der Waals surface area contributed by atoms with E-state index >= 15 is 0 Å². The van der Waals surface area contributed by atoms with Crippen LogP contribution in [0.25, 0.3) is 0 Å². The van der Waals surface area contributed by atoms with Gasteiger partial charge in [0.05, 0.1) is 6.61 Å². The van der Waals surface area contributed by atoms with Crippen molar-refractivity contribution in [1.82, 2.24) is 10.6 Å². The Kier molecular flexibility index (Phi) is 7.02. The van der Waals surface area contributed by atoms with Crippen LogP contribution in [0.2, 0.25) is 0 Å². The fourth-order valence-electron chi connectivity index (χ4n) is 1.21. The van der Waals surface area contributed by atoms with E-state index in [9.17, 15) is 14.4 Å². The minimum Gasteiger partial charge on any atom is -0.464 e. The molecule has 0 saturated heterocycles. The van der Waals surface area contributed by atoms with Gasteiger partial charge in [-0.05, 0) is 41.5 Å². The highest BCUT2D eigenvalue weighted by molar-refractivity contribution is 5.89. The average Bonchev–Trinajstić information content (AvgIpc) is 2.26. The highest BCUT2D eigenvalue weighted by atomic mass is 16.6. The lowest BCUT2D eigenvalue weighted by atomic mass is 10.2. The standard InChI is InChI=1S/C13H24N2O5/c1-7-19-11(17)9(3)14-10(16)8(2)15-12(18)20-13(4,5)6/h8-9H,7H2,1-6H3,(H,14,16)(H,15,18)/t8-,9-/m0/s1. The molecule has 2 amide bonds. The number of hydrogen-bond acceptors (Lipinski definition) is 5. The van der Waals surface area contributed by atoms with Crippen LogP contribution in [0.5, 0.6) is 0 Å². The van der Waals surface area contributed by atoms with Gasteiger partial charge in [-0.2, -0.15) is 0 Å². The molecule has 0 aromatic carbocycles. The number of ether oxygens (including phenoxy) is 2. The summed E-state index contributed by atoms with van der Waals surface area (Å²) < 4.78 is 9.79. The normalized spacial score (nSPS) is 13.9. The van der Waals surface area contributed by atoms with Gasteiger partial charge in [0.15, 0.2) is 0 Å². The second-order valence-corrected chi connectivity index (χ2v) is 5.35. The molecule has 0 unspecified atom stereocenters. The largest absolute Gasteiger partial charge is 0.464 e. The van der Waals surface area contributed by atoms with Gasteiger partial charge in [0.25, 0.3) is 0 Å². The van der Waals surface area contributed by atoms with Gasteiger partial charge in [-0.1, -0.05) is 0 Å². The monoisotopic (exact) mass is 288 g/mol. The number of hydrogen-bond donors (Lipinski definition) is 2. The topological polar surface area (TPSA) is 93.7 Å². The Hall–Kier alpha value is -1.79. The molecule has 0 aromatic rings. The number of carbonyl (C=O) groups is 3. The molecule has 0 spiro atoms. The summed E-state index contributed by atoms with van der Waals surface area (Å²) in [5.74, 6) is -1.01. The van der Waals surface area contributed by atoms with Crippen molar-refractivity contribution in [3.05, 3.63) is 0 Å². The molecule has 0 aliphatic rings. The summed E-state index contributed by atoms with van der Waals surface area (Å²) in [6.45, 7) is 10.1. The third kappa shape index (κ3) is 7.60. The van der Waals surface area contributed by atoms with Crippen molar-refractivity contribution in [2.75, 3.05) is 6.61 Å². The van der Waals surface area contributed by atoms with Crippen LogP contribution in [0.3, 0.4) is 0 Å². The zero-order chi connectivity index (χ0) is 15.9. The quantitative estimate of drug-likeness (QED) is 0.735. The summed E-state index contributed by atoms with van der Waals surface area (Å²) in [5, 5.41) is 4.84. The molecule has 0 saturated carbocycles. The highest BCUT2D eigenvalue weighted by Gasteiger charge is 2.23. The number of esters is 1. The molecule has 0 aliphatic carbocycles. The second kappa shape index (κ2) is 7.72. The summed E-state index contributed by atoms with van der Waals surface area (Å²) >= 11 is 0. The number of amides is 2. The first kappa shape index (κ1) is 18.2. The molecule has 2 N–H and O–H groups in total. The van der Waals surface area contributed by atoms with E-state index < -0.39 is 35.7 Å². The van der Waals surface area contributed by atoms with Gasteiger partial charge in [0.1, 0.15) is 17.7 Å². The summed E-state index contributed by atoms with van der Waals surface area (Å²) in [5.41, 5.74) is -0.640. The van der Waals surface area contributed by atoms with E-state index in [1.807, 2.05) is 0 Å². The average molecular weight is 288 g/mol. The molecular weight excluding hydrogens is 264 g/mol. The Balaban J connectivity index is 4.28. The van der Waals surface area contributed by atoms with Gasteiger partial charge in [0, 0.05) is 0 Å². The number of carbonyl (C=O) groups excluding carboxylic acids is 3. The van der Waals surface area contributed by atoms with Crippen LogP contribution in [-0.4, -0.2) is 42.3 Å². The van der Waals surface area contributed by atoms with Crippen LogP contribution < -0.4 is 10.6 Å². The lowest BCUT2D eigenvalue weighted by Gasteiger charge is -2.22. The van der Waals surface area contributed by atoms with E-state index in [4.69, 9.17) is 9.47 Å². The SMILES string of the molecule is CCOC(=O)[C@H](C)NC(=O)[C@H](C)NC(=O)OC(C)(C)C. The Morgan fingerprint density at radius 3 is 2.05 bits per heavy atom. The zero-order valence-electron chi connectivity index (χ0n) is 12.9. The maximum Gasteiger partial charge on any atom is 0.408 e. The summed E-state index contributed by atoms with van der Waals surface area (Å²) in [7, 11) is 0. The molecule has 7 nitrogen and oxygen atoms in total. The zero-order valence-corrected chi connectivity index (χ0v) is 12.9. The molecule has 0 heterocycles. The van der Waals surface area contributed by atoms with E-state index in [0.29, 0.717) is 0 Å². The Bertz CT molecular complexity index is 362. The number of nitrogens with one attached hydrogen (secondary N) is 2. The van der Waals surface area contributed by atoms with Gasteiger partial charge in [-0.15, -0.1) is 0 Å². The Morgan fingerprint density at radius 2 is 1.60 bits per heavy atom. The molecule has 0 aromatic heterocycles. The molecule has 0 radical (unpaired) electrons. The van der Waals surface area contributed by atoms with Crippen molar-refractivity contribution in [3.8, 4) is 0 Å². The summed E-state index contributed by atoms with van der Waals surface area (Å²) in [4.78, 5) is 34.6. The molecule has 0 fully saturated rings. The second-order valence-electron chi connectivity index (χ2n) is 5.35. The Labute approximate surface area is 119 Å². The van der Waals surface area contributed by atoms with E-state index in [2.05, 4.69) is 10.6 Å². The summed E-state index contributed by atoms with van der Waals surface area (Å²) in [6, 6.07) is -1.59. The first-order valence-corrected chi connectivity index (χ1v) is 6.53. The first-order chi connectivity index (χ1) is 9.06. The molecule has 2 atom stereocenters. The minimum atomic E-state index is -0.818. The fourth-order valence-corrected chi connectivity index (χ4v) is 1.21. The predicted octanol–water partition coefficient (Wildman–Crippen LogP) is 0.967. The lowest BCUT2D eigenvalue weighted by molar-refractivity contribution is -0.147. The van der Waals surface area contributed by atoms with Crippen LogP contribution >= 0.6 is 0 Å². The number of rotatable bonds is 5. The minimum absolute atomic E-state index is 0.241. The van der Waals surface area contributed by atoms with E-state index in [1.54, 1.807) is 27.7 Å². The van der Waals surface area contributed by atoms with Gasteiger partial charge >= 0.3 is 12.1 Å². The van der Waals surface area contributed by atoms with Gasteiger partial charge in [0.2, 0.25) is 5.91 Å². The maximum absolute atomic E-state index is 11.8. The van der Waals surface area contributed by atoms with Crippen molar-refractivity contribution in [3.63, 3.8) is 0 Å². The first-order valence-electron chi connectivity index (χ1n) is 6.53. The molecule has 20 heavy (non-hydrogen) atoms. The maximum atomic E-state index is 11.8. The van der Waals surface area contributed by atoms with Gasteiger partial charge < -0.3 is 20.1 Å². The van der Waals surface area contributed by atoms with Crippen molar-refractivity contribution in [2.24, 2.45) is 0 Å². The van der Waals surface area contributed by atoms with Crippen molar-refractivity contribution < 1.29 is 23.9 Å². The van der Waals surface area contributed by atoms with Crippen LogP contribution in [0.1, 0.15) is 41.5 Å². The van der Waals surface area contributed by atoms with E-state index in [0.717, 1.165) is 0 Å². The van der Waals surface area contributed by atoms with E-state index in [-0.39, 0.29) is 6.61 Å². The predicted molar refractivity (Wildman–Crippen MR) is 73.1 cm³/mol. The molecule has 7 heteroatoms. The number of alkyl carbamates (subject to hydrolysis) is 1. The lowest BCUT2D eigenvalue weighted by Crippen LogP contribution is -2.50.